The average molecular weight is 169 g/mol. The molecule has 2 aromatic rings. The van der Waals surface area contributed by atoms with E-state index in [0.29, 0.717) is 10.5 Å². The van der Waals surface area contributed by atoms with Crippen LogP contribution >= 0.6 is 11.6 Å². The van der Waals surface area contributed by atoms with Crippen molar-refractivity contribution in [1.29, 1.82) is 0 Å². The van der Waals surface area contributed by atoms with Crippen molar-refractivity contribution in [3.05, 3.63) is 29.5 Å². The van der Waals surface area contributed by atoms with E-state index in [1.54, 1.807) is 18.2 Å². The fourth-order valence-electron chi connectivity index (χ4n) is 0.968. The minimum Gasteiger partial charge on any atom is -0.427 e. The molecule has 0 amide bonds. The van der Waals surface area contributed by atoms with Gasteiger partial charge in [0, 0.05) is 5.02 Å². The molecule has 1 N–H and O–H groups in total. The first-order chi connectivity index (χ1) is 5.27. The molecule has 0 aliphatic carbocycles. The minimum absolute atomic E-state index is 0.591. The monoisotopic (exact) mass is 168 g/mol. The lowest BCUT2D eigenvalue weighted by Gasteiger charge is -1.92. The zero-order valence-corrected chi connectivity index (χ0v) is 6.28. The van der Waals surface area contributed by atoms with E-state index in [2.05, 4.69) is 4.98 Å². The lowest BCUT2D eigenvalue weighted by molar-refractivity contribution is 0.198. The zero-order valence-electron chi connectivity index (χ0n) is 5.53. The third-order valence-electron chi connectivity index (χ3n) is 1.49. The second-order valence-corrected chi connectivity index (χ2v) is 2.66. The van der Waals surface area contributed by atoms with Crippen molar-refractivity contribution < 1.29 is 5.21 Å². The number of nitrogens with zero attached hydrogens (tertiary/aromatic N) is 2. The molecule has 0 aliphatic heterocycles. The van der Waals surface area contributed by atoms with Crippen LogP contribution in [-0.2, 0) is 0 Å². The number of imidazole rings is 1. The third kappa shape index (κ3) is 0.935. The maximum atomic E-state index is 9.13. The third-order valence-corrected chi connectivity index (χ3v) is 1.73. The van der Waals surface area contributed by atoms with E-state index >= 15 is 0 Å². The maximum absolute atomic E-state index is 9.13. The van der Waals surface area contributed by atoms with Gasteiger partial charge in [-0.1, -0.05) is 11.6 Å². The van der Waals surface area contributed by atoms with Gasteiger partial charge >= 0.3 is 0 Å². The van der Waals surface area contributed by atoms with E-state index < -0.39 is 0 Å². The van der Waals surface area contributed by atoms with Gasteiger partial charge in [-0.3, -0.25) is 0 Å². The molecule has 3 nitrogen and oxygen atoms in total. The normalized spacial score (nSPS) is 10.6. The van der Waals surface area contributed by atoms with Gasteiger partial charge in [0.05, 0.1) is 5.52 Å². The van der Waals surface area contributed by atoms with E-state index in [9.17, 15) is 0 Å². The summed E-state index contributed by atoms with van der Waals surface area (Å²) >= 11 is 5.70. The Morgan fingerprint density at radius 1 is 1.45 bits per heavy atom. The molecule has 0 saturated heterocycles. The highest BCUT2D eigenvalue weighted by atomic mass is 35.5. The SMILES string of the molecule is On1cnc2ccc(Cl)cc21. The van der Waals surface area contributed by atoms with Gasteiger partial charge in [-0.25, -0.2) is 4.98 Å². The topological polar surface area (TPSA) is 38.0 Å². The van der Waals surface area contributed by atoms with Crippen molar-refractivity contribution in [3.8, 4) is 0 Å². The Morgan fingerprint density at radius 2 is 2.27 bits per heavy atom. The van der Waals surface area contributed by atoms with Crippen LogP contribution in [0.5, 0.6) is 0 Å². The Morgan fingerprint density at radius 3 is 3.09 bits per heavy atom. The number of hydrogen-bond acceptors (Lipinski definition) is 2. The van der Waals surface area contributed by atoms with E-state index in [1.807, 2.05) is 0 Å². The number of aromatic nitrogens is 2. The second kappa shape index (κ2) is 2.13. The standard InChI is InChI=1S/C7H5ClN2O/c8-5-1-2-6-7(3-5)10(11)4-9-6/h1-4,11H. The molecule has 56 valence electrons. The van der Waals surface area contributed by atoms with Crippen molar-refractivity contribution in [3.63, 3.8) is 0 Å². The number of benzene rings is 1. The molecular formula is C7H5ClN2O. The molecule has 0 unspecified atom stereocenters. The summed E-state index contributed by atoms with van der Waals surface area (Å²) in [5, 5.41) is 9.72. The van der Waals surface area contributed by atoms with Crippen LogP contribution in [0.1, 0.15) is 0 Å². The first kappa shape index (κ1) is 6.49. The molecular weight excluding hydrogens is 164 g/mol. The van der Waals surface area contributed by atoms with Crippen LogP contribution in [0.15, 0.2) is 24.5 Å². The van der Waals surface area contributed by atoms with Crippen molar-refractivity contribution in [1.82, 2.24) is 9.71 Å². The molecule has 1 heterocycles. The van der Waals surface area contributed by atoms with Crippen LogP contribution < -0.4 is 0 Å². The predicted octanol–water partition coefficient (Wildman–Crippen LogP) is 1.93. The lowest BCUT2D eigenvalue weighted by Crippen LogP contribution is -1.84. The predicted molar refractivity (Wildman–Crippen MR) is 41.9 cm³/mol. The van der Waals surface area contributed by atoms with Gasteiger partial charge in [0.2, 0.25) is 0 Å². The van der Waals surface area contributed by atoms with Gasteiger partial charge in [-0.05, 0) is 18.2 Å². The summed E-state index contributed by atoms with van der Waals surface area (Å²) in [6.45, 7) is 0. The van der Waals surface area contributed by atoms with Crippen LogP contribution in [0, 0.1) is 0 Å². The first-order valence-electron chi connectivity index (χ1n) is 3.09. The van der Waals surface area contributed by atoms with Gasteiger partial charge < -0.3 is 5.21 Å². The molecule has 0 radical (unpaired) electrons. The summed E-state index contributed by atoms with van der Waals surface area (Å²) in [6, 6.07) is 5.14. The number of fused-ring (bicyclic) bond motifs is 1. The Bertz CT molecular complexity index is 396. The molecule has 0 aliphatic rings. The molecule has 0 bridgehead atoms. The maximum Gasteiger partial charge on any atom is 0.133 e. The Balaban J connectivity index is 2.87. The van der Waals surface area contributed by atoms with E-state index in [4.69, 9.17) is 16.8 Å². The summed E-state index contributed by atoms with van der Waals surface area (Å²) in [4.78, 5) is 3.91. The molecule has 0 saturated carbocycles. The molecule has 0 atom stereocenters. The smallest absolute Gasteiger partial charge is 0.133 e. The van der Waals surface area contributed by atoms with Gasteiger partial charge in [-0.15, -0.1) is 0 Å². The molecule has 11 heavy (non-hydrogen) atoms. The zero-order chi connectivity index (χ0) is 7.84. The summed E-state index contributed by atoms with van der Waals surface area (Å²) in [5.41, 5.74) is 1.36. The molecule has 0 fully saturated rings. The lowest BCUT2D eigenvalue weighted by atomic mass is 10.3. The molecule has 1 aromatic carbocycles. The van der Waals surface area contributed by atoms with E-state index in [1.165, 1.54) is 6.33 Å². The van der Waals surface area contributed by atoms with Gasteiger partial charge in [0.1, 0.15) is 11.8 Å². The van der Waals surface area contributed by atoms with E-state index in [0.717, 1.165) is 10.2 Å². The average Bonchev–Trinajstić information content (AvgIpc) is 2.33. The van der Waals surface area contributed by atoms with Crippen molar-refractivity contribution in [2.75, 3.05) is 0 Å². The largest absolute Gasteiger partial charge is 0.427 e. The van der Waals surface area contributed by atoms with Crippen LogP contribution in [-0.4, -0.2) is 14.9 Å². The van der Waals surface area contributed by atoms with Crippen LogP contribution in [0.25, 0.3) is 11.0 Å². The second-order valence-electron chi connectivity index (χ2n) is 2.22. The molecule has 1 aromatic heterocycles. The van der Waals surface area contributed by atoms with Crippen LogP contribution in [0.3, 0.4) is 0 Å². The number of rotatable bonds is 0. The Kier molecular flexibility index (Phi) is 1.26. The summed E-state index contributed by atoms with van der Waals surface area (Å²) in [5.74, 6) is 0. The first-order valence-corrected chi connectivity index (χ1v) is 3.47. The quantitative estimate of drug-likeness (QED) is 0.611. The van der Waals surface area contributed by atoms with Gasteiger partial charge in [0.15, 0.2) is 0 Å². The van der Waals surface area contributed by atoms with Gasteiger partial charge in [0.25, 0.3) is 0 Å². The molecule has 4 heteroatoms. The fraction of sp³-hybridized carbons (Fsp3) is 0. The fourth-order valence-corrected chi connectivity index (χ4v) is 1.13. The number of hydrogen-bond donors (Lipinski definition) is 1. The highest BCUT2D eigenvalue weighted by Crippen LogP contribution is 2.16. The van der Waals surface area contributed by atoms with Gasteiger partial charge in [-0.2, -0.15) is 4.73 Å². The van der Waals surface area contributed by atoms with Crippen LogP contribution in [0.4, 0.5) is 0 Å². The number of halogens is 1. The summed E-state index contributed by atoms with van der Waals surface area (Å²) in [7, 11) is 0. The minimum atomic E-state index is 0.591. The summed E-state index contributed by atoms with van der Waals surface area (Å²) < 4.78 is 0.946. The van der Waals surface area contributed by atoms with Crippen molar-refractivity contribution in [2.24, 2.45) is 0 Å². The van der Waals surface area contributed by atoms with Crippen molar-refractivity contribution in [2.45, 2.75) is 0 Å². The Hall–Kier alpha value is -1.22. The van der Waals surface area contributed by atoms with E-state index in [-0.39, 0.29) is 0 Å². The van der Waals surface area contributed by atoms with Crippen molar-refractivity contribution >= 4 is 22.6 Å². The highest BCUT2D eigenvalue weighted by molar-refractivity contribution is 6.31. The highest BCUT2D eigenvalue weighted by Gasteiger charge is 1.99. The summed E-state index contributed by atoms with van der Waals surface area (Å²) in [6.07, 6.45) is 1.33. The van der Waals surface area contributed by atoms with Crippen LogP contribution in [0.2, 0.25) is 5.02 Å². The Labute approximate surface area is 67.8 Å². The molecule has 2 rings (SSSR count). The molecule has 0 spiro atoms.